The van der Waals surface area contributed by atoms with Crippen molar-refractivity contribution in [1.29, 1.82) is 0 Å². The molecule has 0 saturated carbocycles. The highest BCUT2D eigenvalue weighted by Gasteiger charge is 2.16. The number of likely N-dealkylation sites (tertiary alicyclic amines) is 1. The summed E-state index contributed by atoms with van der Waals surface area (Å²) in [7, 11) is 0. The second kappa shape index (κ2) is 5.39. The van der Waals surface area contributed by atoms with Gasteiger partial charge in [0.1, 0.15) is 0 Å². The Morgan fingerprint density at radius 3 is 2.56 bits per heavy atom. The van der Waals surface area contributed by atoms with Gasteiger partial charge in [0.25, 0.3) is 0 Å². The fourth-order valence-corrected chi connectivity index (χ4v) is 2.96. The minimum Gasteiger partial charge on any atom is -0.299 e. The fourth-order valence-electron chi connectivity index (χ4n) is 2.39. The molecule has 1 saturated heterocycles. The van der Waals surface area contributed by atoms with Crippen molar-refractivity contribution in [2.75, 3.05) is 13.1 Å². The Balaban J connectivity index is 2.02. The molecule has 3 heteroatoms. The molecule has 88 valence electrons. The molecule has 1 aliphatic heterocycles. The molecule has 1 nitrogen and oxygen atoms in total. The highest BCUT2D eigenvalue weighted by atomic mass is 35.5. The molecule has 1 heterocycles. The molecule has 0 aliphatic carbocycles. The molecule has 0 bridgehead atoms. The van der Waals surface area contributed by atoms with Gasteiger partial charge in [-0.1, -0.05) is 30.1 Å². The molecular weight excluding hydrogens is 241 g/mol. The van der Waals surface area contributed by atoms with Gasteiger partial charge in [-0.2, -0.15) is 0 Å². The van der Waals surface area contributed by atoms with Crippen molar-refractivity contribution in [2.24, 2.45) is 5.92 Å². The van der Waals surface area contributed by atoms with Crippen LogP contribution in [0.5, 0.6) is 0 Å². The first-order valence-electron chi connectivity index (χ1n) is 5.81. The van der Waals surface area contributed by atoms with Crippen molar-refractivity contribution in [3.63, 3.8) is 0 Å². The molecule has 0 amide bonds. The molecule has 1 atom stereocenters. The first kappa shape index (κ1) is 12.2. The van der Waals surface area contributed by atoms with E-state index in [2.05, 4.69) is 11.8 Å². The second-order valence-corrected chi connectivity index (χ2v) is 5.63. The molecule has 0 radical (unpaired) electrons. The SMILES string of the molecule is CC1CCCN(Cc2cc(Cl)cc(Cl)c2)C1. The van der Waals surface area contributed by atoms with Gasteiger partial charge in [0, 0.05) is 23.1 Å². The predicted octanol–water partition coefficient (Wildman–Crippen LogP) is 4.23. The molecule has 1 aromatic rings. The van der Waals surface area contributed by atoms with Crippen LogP contribution in [0, 0.1) is 5.92 Å². The fraction of sp³-hybridized carbons (Fsp3) is 0.538. The summed E-state index contributed by atoms with van der Waals surface area (Å²) in [6, 6.07) is 5.80. The van der Waals surface area contributed by atoms with Crippen molar-refractivity contribution in [1.82, 2.24) is 4.90 Å². The van der Waals surface area contributed by atoms with Crippen LogP contribution in [-0.4, -0.2) is 18.0 Å². The van der Waals surface area contributed by atoms with Crippen LogP contribution in [0.1, 0.15) is 25.3 Å². The molecule has 2 rings (SSSR count). The van der Waals surface area contributed by atoms with Gasteiger partial charge < -0.3 is 0 Å². The molecule has 1 aromatic carbocycles. The summed E-state index contributed by atoms with van der Waals surface area (Å²) in [5, 5.41) is 1.46. The van der Waals surface area contributed by atoms with Gasteiger partial charge in [0.2, 0.25) is 0 Å². The quantitative estimate of drug-likeness (QED) is 0.767. The Kier molecular flexibility index (Phi) is 4.12. The molecular formula is C13H17Cl2N. The van der Waals surface area contributed by atoms with Crippen LogP contribution in [0.2, 0.25) is 10.0 Å². The van der Waals surface area contributed by atoms with E-state index in [0.29, 0.717) is 0 Å². The van der Waals surface area contributed by atoms with Gasteiger partial charge in [-0.25, -0.2) is 0 Å². The average molecular weight is 258 g/mol. The maximum Gasteiger partial charge on any atom is 0.0424 e. The Labute approximate surface area is 107 Å². The molecule has 16 heavy (non-hydrogen) atoms. The zero-order valence-corrected chi connectivity index (χ0v) is 11.1. The summed E-state index contributed by atoms with van der Waals surface area (Å²) < 4.78 is 0. The second-order valence-electron chi connectivity index (χ2n) is 4.76. The molecule has 0 N–H and O–H groups in total. The lowest BCUT2D eigenvalue weighted by molar-refractivity contribution is 0.176. The maximum absolute atomic E-state index is 5.99. The standard InChI is InChI=1S/C13H17Cl2N/c1-10-3-2-4-16(8-10)9-11-5-12(14)7-13(15)6-11/h5-7,10H,2-4,8-9H2,1H3. The third-order valence-corrected chi connectivity index (χ3v) is 3.51. The largest absolute Gasteiger partial charge is 0.299 e. The lowest BCUT2D eigenvalue weighted by Gasteiger charge is -2.30. The molecule has 0 spiro atoms. The number of piperidine rings is 1. The Bertz CT molecular complexity index is 345. The van der Waals surface area contributed by atoms with E-state index in [1.807, 2.05) is 12.1 Å². The maximum atomic E-state index is 5.99. The van der Waals surface area contributed by atoms with Crippen molar-refractivity contribution in [3.05, 3.63) is 33.8 Å². The van der Waals surface area contributed by atoms with Crippen LogP contribution in [0.15, 0.2) is 18.2 Å². The van der Waals surface area contributed by atoms with Gasteiger partial charge in [-0.3, -0.25) is 4.90 Å². The smallest absolute Gasteiger partial charge is 0.0424 e. The predicted molar refractivity (Wildman–Crippen MR) is 70.1 cm³/mol. The first-order chi connectivity index (χ1) is 7.63. The highest BCUT2D eigenvalue weighted by molar-refractivity contribution is 6.34. The third-order valence-electron chi connectivity index (χ3n) is 3.07. The molecule has 0 aromatic heterocycles. The van der Waals surface area contributed by atoms with Crippen LogP contribution in [0.4, 0.5) is 0 Å². The Hall–Kier alpha value is -0.240. The normalized spacial score (nSPS) is 22.3. The molecule has 1 aliphatic rings. The summed E-state index contributed by atoms with van der Waals surface area (Å²) in [5.41, 5.74) is 1.21. The number of benzene rings is 1. The van der Waals surface area contributed by atoms with Gasteiger partial charge in [0.15, 0.2) is 0 Å². The van der Waals surface area contributed by atoms with E-state index in [4.69, 9.17) is 23.2 Å². The van der Waals surface area contributed by atoms with E-state index in [1.54, 1.807) is 6.07 Å². The Morgan fingerprint density at radius 2 is 1.94 bits per heavy atom. The highest BCUT2D eigenvalue weighted by Crippen LogP contribution is 2.22. The first-order valence-corrected chi connectivity index (χ1v) is 6.56. The third kappa shape index (κ3) is 3.38. The summed E-state index contributed by atoms with van der Waals surface area (Å²) >= 11 is 12.0. The van der Waals surface area contributed by atoms with Crippen molar-refractivity contribution in [2.45, 2.75) is 26.3 Å². The zero-order valence-electron chi connectivity index (χ0n) is 9.55. The monoisotopic (exact) mass is 257 g/mol. The average Bonchev–Trinajstić information content (AvgIpc) is 2.15. The van der Waals surface area contributed by atoms with Gasteiger partial charge in [0.05, 0.1) is 0 Å². The number of hydrogen-bond acceptors (Lipinski definition) is 1. The molecule has 1 unspecified atom stereocenters. The van der Waals surface area contributed by atoms with E-state index in [9.17, 15) is 0 Å². The lowest BCUT2D eigenvalue weighted by atomic mass is 10.00. The molecule has 1 fully saturated rings. The van der Waals surface area contributed by atoms with E-state index in [-0.39, 0.29) is 0 Å². The van der Waals surface area contributed by atoms with Gasteiger partial charge in [-0.05, 0) is 49.1 Å². The lowest BCUT2D eigenvalue weighted by Crippen LogP contribution is -2.33. The minimum absolute atomic E-state index is 0.729. The summed E-state index contributed by atoms with van der Waals surface area (Å²) in [4.78, 5) is 2.48. The summed E-state index contributed by atoms with van der Waals surface area (Å²) in [5.74, 6) is 0.809. The van der Waals surface area contributed by atoms with E-state index >= 15 is 0 Å². The van der Waals surface area contributed by atoms with E-state index < -0.39 is 0 Å². The van der Waals surface area contributed by atoms with Gasteiger partial charge in [-0.15, -0.1) is 0 Å². The minimum atomic E-state index is 0.729. The number of nitrogens with zero attached hydrogens (tertiary/aromatic N) is 1. The van der Waals surface area contributed by atoms with Gasteiger partial charge >= 0.3 is 0 Å². The zero-order chi connectivity index (χ0) is 11.5. The Morgan fingerprint density at radius 1 is 1.25 bits per heavy atom. The number of halogens is 2. The van der Waals surface area contributed by atoms with E-state index in [1.165, 1.54) is 31.5 Å². The van der Waals surface area contributed by atoms with Crippen molar-refractivity contribution >= 4 is 23.2 Å². The topological polar surface area (TPSA) is 3.24 Å². The number of hydrogen-bond donors (Lipinski definition) is 0. The van der Waals surface area contributed by atoms with Crippen LogP contribution < -0.4 is 0 Å². The van der Waals surface area contributed by atoms with E-state index in [0.717, 1.165) is 22.5 Å². The van der Waals surface area contributed by atoms with Crippen LogP contribution in [-0.2, 0) is 6.54 Å². The number of rotatable bonds is 2. The van der Waals surface area contributed by atoms with Crippen LogP contribution in [0.25, 0.3) is 0 Å². The van der Waals surface area contributed by atoms with Crippen LogP contribution >= 0.6 is 23.2 Å². The summed E-state index contributed by atoms with van der Waals surface area (Å²) in [6.07, 6.45) is 2.66. The van der Waals surface area contributed by atoms with Crippen molar-refractivity contribution in [3.8, 4) is 0 Å². The van der Waals surface area contributed by atoms with Crippen LogP contribution in [0.3, 0.4) is 0 Å². The summed E-state index contributed by atoms with van der Waals surface area (Å²) in [6.45, 7) is 5.65. The van der Waals surface area contributed by atoms with Crippen molar-refractivity contribution < 1.29 is 0 Å².